The summed E-state index contributed by atoms with van der Waals surface area (Å²) in [5.41, 5.74) is 0. The molecule has 0 saturated carbocycles. The molecule has 0 rings (SSSR count). The van der Waals surface area contributed by atoms with Crippen molar-refractivity contribution in [1.29, 1.82) is 0 Å². The van der Waals surface area contributed by atoms with Crippen LogP contribution < -0.4 is 5.32 Å². The number of hydrogen-bond acceptors (Lipinski definition) is 2. The van der Waals surface area contributed by atoms with Gasteiger partial charge in [0.15, 0.2) is 6.10 Å². The van der Waals surface area contributed by atoms with Crippen molar-refractivity contribution in [2.45, 2.75) is 31.7 Å². The Morgan fingerprint density at radius 2 is 2.08 bits per heavy atom. The molecule has 0 saturated heterocycles. The maximum Gasteiger partial charge on any atom is 0.415 e. The smallest absolute Gasteiger partial charge is 0.382 e. The lowest BCUT2D eigenvalue weighted by molar-refractivity contribution is -0.202. The third-order valence-electron chi connectivity index (χ3n) is 1.54. The molecule has 0 fully saturated rings. The summed E-state index contributed by atoms with van der Waals surface area (Å²) in [6.45, 7) is 1.18. The minimum absolute atomic E-state index is 0.419. The molecule has 0 radical (unpaired) electrons. The Bertz CT molecular complexity index is 185. The van der Waals surface area contributed by atoms with Crippen molar-refractivity contribution in [2.24, 2.45) is 0 Å². The summed E-state index contributed by atoms with van der Waals surface area (Å²) in [7, 11) is 0. The lowest BCUT2D eigenvalue weighted by Gasteiger charge is -2.17. The van der Waals surface area contributed by atoms with Crippen LogP contribution in [-0.2, 0) is 0 Å². The summed E-state index contributed by atoms with van der Waals surface area (Å²) in [5, 5.41) is 11.0. The first-order valence-electron chi connectivity index (χ1n) is 3.86. The molecule has 0 aliphatic heterocycles. The highest BCUT2D eigenvalue weighted by molar-refractivity contribution is 4.98. The van der Waals surface area contributed by atoms with Crippen LogP contribution >= 0.6 is 0 Å². The van der Waals surface area contributed by atoms with E-state index in [-0.39, 0.29) is 0 Å². The Labute approximate surface area is 75.1 Å². The highest BCUT2D eigenvalue weighted by Gasteiger charge is 2.37. The molecule has 2 N–H and O–H groups in total. The van der Waals surface area contributed by atoms with Crippen LogP contribution in [0.15, 0.2) is 0 Å². The fourth-order valence-electron chi connectivity index (χ4n) is 0.691. The van der Waals surface area contributed by atoms with Gasteiger partial charge in [-0.25, -0.2) is 0 Å². The minimum Gasteiger partial charge on any atom is -0.382 e. The van der Waals surface area contributed by atoms with E-state index in [9.17, 15) is 13.2 Å². The first kappa shape index (κ1) is 12.3. The Kier molecular flexibility index (Phi) is 4.81. The lowest BCUT2D eigenvalue weighted by Crippen LogP contribution is -2.41. The van der Waals surface area contributed by atoms with Crippen LogP contribution in [0.5, 0.6) is 0 Å². The number of aliphatic hydroxyl groups excluding tert-OH is 1. The quantitative estimate of drug-likeness (QED) is 0.653. The number of nitrogens with one attached hydrogen (secondary N) is 1. The van der Waals surface area contributed by atoms with Crippen molar-refractivity contribution >= 4 is 0 Å². The van der Waals surface area contributed by atoms with E-state index in [0.717, 1.165) is 0 Å². The minimum atomic E-state index is -4.58. The normalized spacial score (nSPS) is 16.3. The third-order valence-corrected chi connectivity index (χ3v) is 1.54. The van der Waals surface area contributed by atoms with E-state index in [4.69, 9.17) is 11.5 Å². The number of alkyl halides is 3. The van der Waals surface area contributed by atoms with Gasteiger partial charge in [0.25, 0.3) is 0 Å². The van der Waals surface area contributed by atoms with E-state index in [0.29, 0.717) is 6.42 Å². The summed E-state index contributed by atoms with van der Waals surface area (Å²) in [6, 6.07) is -0.419. The van der Waals surface area contributed by atoms with Gasteiger partial charge in [0.2, 0.25) is 0 Å². The first-order valence-corrected chi connectivity index (χ1v) is 3.86. The van der Waals surface area contributed by atoms with E-state index < -0.39 is 24.9 Å². The van der Waals surface area contributed by atoms with Crippen LogP contribution in [0.25, 0.3) is 0 Å². The molecule has 0 heterocycles. The second-order valence-corrected chi connectivity index (χ2v) is 2.59. The molecule has 2 nitrogen and oxygen atoms in total. The average Bonchev–Trinajstić information content (AvgIpc) is 2.04. The van der Waals surface area contributed by atoms with Crippen molar-refractivity contribution < 1.29 is 18.3 Å². The number of rotatable bonds is 4. The zero-order valence-corrected chi connectivity index (χ0v) is 7.23. The molecular weight excluding hydrogens is 183 g/mol. The van der Waals surface area contributed by atoms with Crippen LogP contribution in [0.2, 0.25) is 0 Å². The SMILES string of the molecule is C#CC(CC)NCC(O)C(F)(F)F. The van der Waals surface area contributed by atoms with Crippen LogP contribution in [0, 0.1) is 12.3 Å². The molecule has 0 amide bonds. The zero-order chi connectivity index (χ0) is 10.5. The second kappa shape index (κ2) is 5.10. The Hall–Kier alpha value is -0.730. The van der Waals surface area contributed by atoms with Crippen molar-refractivity contribution in [3.63, 3.8) is 0 Å². The molecule has 76 valence electrons. The van der Waals surface area contributed by atoms with Crippen LogP contribution in [0.1, 0.15) is 13.3 Å². The van der Waals surface area contributed by atoms with Crippen molar-refractivity contribution in [3.05, 3.63) is 0 Å². The summed E-state index contributed by atoms with van der Waals surface area (Å²) in [6.07, 6.45) is -1.40. The van der Waals surface area contributed by atoms with Gasteiger partial charge >= 0.3 is 6.18 Å². The van der Waals surface area contributed by atoms with Gasteiger partial charge in [-0.1, -0.05) is 12.8 Å². The number of aliphatic hydroxyl groups is 1. The van der Waals surface area contributed by atoms with Crippen LogP contribution in [-0.4, -0.2) is 30.0 Å². The molecule has 2 unspecified atom stereocenters. The maximum absolute atomic E-state index is 11.8. The van der Waals surface area contributed by atoms with Crippen LogP contribution in [0.4, 0.5) is 13.2 Å². The lowest BCUT2D eigenvalue weighted by atomic mass is 10.2. The first-order chi connectivity index (χ1) is 5.91. The van der Waals surface area contributed by atoms with Crippen LogP contribution in [0.3, 0.4) is 0 Å². The van der Waals surface area contributed by atoms with Gasteiger partial charge in [0.05, 0.1) is 6.04 Å². The molecule has 0 aliphatic rings. The topological polar surface area (TPSA) is 32.3 Å². The van der Waals surface area contributed by atoms with Crippen molar-refractivity contribution in [3.8, 4) is 12.3 Å². The van der Waals surface area contributed by atoms with Gasteiger partial charge in [0.1, 0.15) is 0 Å². The van der Waals surface area contributed by atoms with Gasteiger partial charge in [-0.3, -0.25) is 0 Å². The maximum atomic E-state index is 11.8. The molecule has 0 bridgehead atoms. The molecule has 13 heavy (non-hydrogen) atoms. The van der Waals surface area contributed by atoms with E-state index >= 15 is 0 Å². The number of hydrogen-bond donors (Lipinski definition) is 2. The molecule has 0 aromatic carbocycles. The molecule has 0 aromatic rings. The fourth-order valence-corrected chi connectivity index (χ4v) is 0.691. The molecule has 0 spiro atoms. The van der Waals surface area contributed by atoms with E-state index in [1.807, 2.05) is 0 Å². The molecular formula is C8H12F3NO. The monoisotopic (exact) mass is 195 g/mol. The Morgan fingerprint density at radius 1 is 1.54 bits per heavy atom. The predicted molar refractivity (Wildman–Crippen MR) is 43.0 cm³/mol. The van der Waals surface area contributed by atoms with E-state index in [2.05, 4.69) is 11.2 Å². The average molecular weight is 195 g/mol. The fraction of sp³-hybridized carbons (Fsp3) is 0.750. The van der Waals surface area contributed by atoms with Gasteiger partial charge < -0.3 is 10.4 Å². The van der Waals surface area contributed by atoms with E-state index in [1.165, 1.54) is 0 Å². The summed E-state index contributed by atoms with van der Waals surface area (Å²) in [5.74, 6) is 2.27. The summed E-state index contributed by atoms with van der Waals surface area (Å²) in [4.78, 5) is 0. The highest BCUT2D eigenvalue weighted by atomic mass is 19.4. The van der Waals surface area contributed by atoms with Gasteiger partial charge in [-0.15, -0.1) is 6.42 Å². The summed E-state index contributed by atoms with van der Waals surface area (Å²) >= 11 is 0. The molecule has 0 aliphatic carbocycles. The highest BCUT2D eigenvalue weighted by Crippen LogP contribution is 2.19. The zero-order valence-electron chi connectivity index (χ0n) is 7.23. The summed E-state index contributed by atoms with van der Waals surface area (Å²) < 4.78 is 35.3. The van der Waals surface area contributed by atoms with E-state index in [1.54, 1.807) is 6.92 Å². The Morgan fingerprint density at radius 3 is 2.38 bits per heavy atom. The van der Waals surface area contributed by atoms with Gasteiger partial charge in [0, 0.05) is 6.54 Å². The molecule has 0 aromatic heterocycles. The second-order valence-electron chi connectivity index (χ2n) is 2.59. The molecule has 5 heteroatoms. The van der Waals surface area contributed by atoms with Gasteiger partial charge in [-0.05, 0) is 6.42 Å². The number of terminal acetylenes is 1. The van der Waals surface area contributed by atoms with Crippen molar-refractivity contribution in [1.82, 2.24) is 5.32 Å². The number of halogens is 3. The molecule has 2 atom stereocenters. The van der Waals surface area contributed by atoms with Crippen molar-refractivity contribution in [2.75, 3.05) is 6.54 Å². The van der Waals surface area contributed by atoms with Gasteiger partial charge in [-0.2, -0.15) is 13.2 Å². The Balaban J connectivity index is 3.83. The predicted octanol–water partition coefficient (Wildman–Crippen LogP) is 0.911. The largest absolute Gasteiger partial charge is 0.415 e. The standard InChI is InChI=1S/C8H12F3NO/c1-3-6(4-2)12-5-7(13)8(9,10)11/h1,6-7,12-13H,4-5H2,2H3. The third kappa shape index (κ3) is 4.76.